The number of unbranched alkanes of at least 4 members (excludes halogenated alkanes) is 2. The second-order valence-electron chi connectivity index (χ2n) is 3.97. The van der Waals surface area contributed by atoms with Crippen LogP contribution in [0.4, 0.5) is 0 Å². The zero-order valence-electron chi connectivity index (χ0n) is 9.57. The highest BCUT2D eigenvalue weighted by molar-refractivity contribution is 7.00. The topological polar surface area (TPSA) is 37.8 Å². The van der Waals surface area contributed by atoms with Gasteiger partial charge in [-0.25, -0.2) is 0 Å². The number of hydrogen-bond acceptors (Lipinski definition) is 4. The smallest absolute Gasteiger partial charge is 0.105 e. The maximum Gasteiger partial charge on any atom is 0.105 e. The summed E-state index contributed by atoms with van der Waals surface area (Å²) >= 11 is 1.28. The number of nitrogens with one attached hydrogen (secondary N) is 1. The van der Waals surface area contributed by atoms with E-state index in [0.717, 1.165) is 24.1 Å². The number of nitrogens with zero attached hydrogens (tertiary/aromatic N) is 2. The van der Waals surface area contributed by atoms with Gasteiger partial charge in [-0.15, -0.1) is 0 Å². The van der Waals surface area contributed by atoms with Crippen molar-refractivity contribution in [3.63, 3.8) is 0 Å². The van der Waals surface area contributed by atoms with E-state index in [1.807, 2.05) is 6.07 Å². The molecule has 2 aromatic rings. The van der Waals surface area contributed by atoms with E-state index in [1.54, 1.807) is 0 Å². The van der Waals surface area contributed by atoms with Gasteiger partial charge < -0.3 is 5.32 Å². The first-order chi connectivity index (χ1) is 7.90. The predicted octanol–water partition coefficient (Wildman–Crippen LogP) is 2.97. The van der Waals surface area contributed by atoms with Crippen LogP contribution in [0.2, 0.25) is 0 Å². The summed E-state index contributed by atoms with van der Waals surface area (Å²) in [4.78, 5) is 0. The highest BCUT2D eigenvalue weighted by Crippen LogP contribution is 2.13. The molecule has 0 spiro atoms. The van der Waals surface area contributed by atoms with Crippen molar-refractivity contribution in [2.75, 3.05) is 6.54 Å². The zero-order valence-corrected chi connectivity index (χ0v) is 10.4. The Balaban J connectivity index is 1.84. The van der Waals surface area contributed by atoms with Crippen LogP contribution in [-0.2, 0) is 6.54 Å². The molecule has 2 rings (SSSR count). The number of rotatable bonds is 6. The number of fused-ring (bicyclic) bond motifs is 1. The normalized spacial score (nSPS) is 11.1. The van der Waals surface area contributed by atoms with E-state index < -0.39 is 0 Å². The quantitative estimate of drug-likeness (QED) is 0.782. The summed E-state index contributed by atoms with van der Waals surface area (Å²) in [5, 5.41) is 3.45. The summed E-state index contributed by atoms with van der Waals surface area (Å²) in [7, 11) is 0. The fraction of sp³-hybridized carbons (Fsp3) is 0.500. The lowest BCUT2D eigenvalue weighted by Gasteiger charge is -2.03. The molecule has 0 bridgehead atoms. The molecule has 1 aromatic carbocycles. The Labute approximate surface area is 100 Å². The second-order valence-corrected chi connectivity index (χ2v) is 4.50. The minimum Gasteiger partial charge on any atom is -0.313 e. The molecule has 16 heavy (non-hydrogen) atoms. The lowest BCUT2D eigenvalue weighted by atomic mass is 10.2. The SMILES string of the molecule is CCCCCNCc1ccc2nsnc2c1. The lowest BCUT2D eigenvalue weighted by molar-refractivity contribution is 0.617. The van der Waals surface area contributed by atoms with Gasteiger partial charge in [0.1, 0.15) is 11.0 Å². The van der Waals surface area contributed by atoms with Crippen molar-refractivity contribution in [3.05, 3.63) is 23.8 Å². The Morgan fingerprint density at radius 3 is 2.94 bits per heavy atom. The molecule has 0 unspecified atom stereocenters. The largest absolute Gasteiger partial charge is 0.313 e. The maximum absolute atomic E-state index is 4.24. The standard InChI is InChI=1S/C12H17N3S/c1-2-3-4-7-13-9-10-5-6-11-12(8-10)15-16-14-11/h5-6,8,13H,2-4,7,9H2,1H3. The molecule has 0 aliphatic heterocycles. The Hall–Kier alpha value is -1.00. The molecule has 0 radical (unpaired) electrons. The molecule has 4 heteroatoms. The van der Waals surface area contributed by atoms with E-state index in [4.69, 9.17) is 0 Å². The van der Waals surface area contributed by atoms with Crippen LogP contribution >= 0.6 is 11.7 Å². The molecule has 1 aromatic heterocycles. The van der Waals surface area contributed by atoms with E-state index in [-0.39, 0.29) is 0 Å². The number of aromatic nitrogens is 2. The van der Waals surface area contributed by atoms with Crippen LogP contribution in [0.5, 0.6) is 0 Å². The van der Waals surface area contributed by atoms with Gasteiger partial charge in [-0.05, 0) is 30.7 Å². The first-order valence-electron chi connectivity index (χ1n) is 5.82. The van der Waals surface area contributed by atoms with Crippen molar-refractivity contribution in [1.29, 1.82) is 0 Å². The highest BCUT2D eigenvalue weighted by atomic mass is 32.1. The van der Waals surface area contributed by atoms with Crippen molar-refractivity contribution >= 4 is 22.8 Å². The predicted molar refractivity (Wildman–Crippen MR) is 68.6 cm³/mol. The summed E-state index contributed by atoms with van der Waals surface area (Å²) < 4.78 is 8.43. The molecule has 1 N–H and O–H groups in total. The van der Waals surface area contributed by atoms with E-state index >= 15 is 0 Å². The summed E-state index contributed by atoms with van der Waals surface area (Å²) in [5.41, 5.74) is 3.30. The van der Waals surface area contributed by atoms with Gasteiger partial charge >= 0.3 is 0 Å². The van der Waals surface area contributed by atoms with Crippen LogP contribution < -0.4 is 5.32 Å². The molecule has 0 amide bonds. The minimum atomic E-state index is 0.928. The van der Waals surface area contributed by atoms with Crippen molar-refractivity contribution in [2.45, 2.75) is 32.7 Å². The molecular formula is C12H17N3S. The molecule has 3 nitrogen and oxygen atoms in total. The van der Waals surface area contributed by atoms with Gasteiger partial charge in [-0.1, -0.05) is 25.8 Å². The zero-order chi connectivity index (χ0) is 11.2. The molecule has 0 saturated heterocycles. The van der Waals surface area contributed by atoms with E-state index in [2.05, 4.69) is 33.1 Å². The van der Waals surface area contributed by atoms with Crippen LogP contribution in [0.25, 0.3) is 11.0 Å². The molecule has 1 heterocycles. The van der Waals surface area contributed by atoms with Crippen LogP contribution in [0.15, 0.2) is 18.2 Å². The molecule has 0 aliphatic carbocycles. The summed E-state index contributed by atoms with van der Waals surface area (Å²) in [6.07, 6.45) is 3.84. The van der Waals surface area contributed by atoms with Gasteiger partial charge in [0.15, 0.2) is 0 Å². The first kappa shape index (κ1) is 11.5. The van der Waals surface area contributed by atoms with Crippen molar-refractivity contribution in [2.24, 2.45) is 0 Å². The van der Waals surface area contributed by atoms with Crippen molar-refractivity contribution in [3.8, 4) is 0 Å². The number of benzene rings is 1. The summed E-state index contributed by atoms with van der Waals surface area (Å²) in [5.74, 6) is 0. The van der Waals surface area contributed by atoms with E-state index in [1.165, 1.54) is 36.6 Å². The monoisotopic (exact) mass is 235 g/mol. The van der Waals surface area contributed by atoms with Crippen LogP contribution in [-0.4, -0.2) is 15.3 Å². The average molecular weight is 235 g/mol. The average Bonchev–Trinajstić information content (AvgIpc) is 2.76. The van der Waals surface area contributed by atoms with Crippen molar-refractivity contribution in [1.82, 2.24) is 14.1 Å². The number of hydrogen-bond donors (Lipinski definition) is 1. The lowest BCUT2D eigenvalue weighted by Crippen LogP contribution is -2.14. The van der Waals surface area contributed by atoms with Gasteiger partial charge in [0, 0.05) is 6.54 Å². The Morgan fingerprint density at radius 1 is 1.19 bits per heavy atom. The van der Waals surface area contributed by atoms with Crippen LogP contribution in [0.3, 0.4) is 0 Å². The first-order valence-corrected chi connectivity index (χ1v) is 6.55. The van der Waals surface area contributed by atoms with Gasteiger partial charge in [0.2, 0.25) is 0 Å². The molecule has 0 aliphatic rings. The molecular weight excluding hydrogens is 218 g/mol. The van der Waals surface area contributed by atoms with Gasteiger partial charge in [-0.2, -0.15) is 8.75 Å². The van der Waals surface area contributed by atoms with Gasteiger partial charge in [0.05, 0.1) is 11.7 Å². The Morgan fingerprint density at radius 2 is 2.06 bits per heavy atom. The Bertz CT molecular complexity index is 439. The third-order valence-electron chi connectivity index (χ3n) is 2.60. The summed E-state index contributed by atoms with van der Waals surface area (Å²) in [6, 6.07) is 6.28. The molecule has 0 atom stereocenters. The third-order valence-corrected chi connectivity index (χ3v) is 3.16. The summed E-state index contributed by atoms with van der Waals surface area (Å²) in [6.45, 7) is 4.25. The minimum absolute atomic E-state index is 0.928. The molecule has 0 fully saturated rings. The van der Waals surface area contributed by atoms with Crippen molar-refractivity contribution < 1.29 is 0 Å². The van der Waals surface area contributed by atoms with Gasteiger partial charge in [-0.3, -0.25) is 0 Å². The second kappa shape index (κ2) is 5.92. The molecule has 86 valence electrons. The fourth-order valence-corrected chi connectivity index (χ4v) is 2.19. The van der Waals surface area contributed by atoms with Crippen LogP contribution in [0, 0.1) is 0 Å². The van der Waals surface area contributed by atoms with E-state index in [9.17, 15) is 0 Å². The van der Waals surface area contributed by atoms with E-state index in [0.29, 0.717) is 0 Å². The highest BCUT2D eigenvalue weighted by Gasteiger charge is 1.99. The maximum atomic E-state index is 4.24. The molecule has 0 saturated carbocycles. The third kappa shape index (κ3) is 3.00. The van der Waals surface area contributed by atoms with Crippen LogP contribution in [0.1, 0.15) is 31.7 Å². The Kier molecular flexibility index (Phi) is 4.25. The van der Waals surface area contributed by atoms with Gasteiger partial charge in [0.25, 0.3) is 0 Å². The fourth-order valence-electron chi connectivity index (χ4n) is 1.67.